The predicted octanol–water partition coefficient (Wildman–Crippen LogP) is 3.21. The maximum absolute atomic E-state index is 12.1. The molecule has 3 nitrogen and oxygen atoms in total. The molecule has 1 saturated heterocycles. The predicted molar refractivity (Wildman–Crippen MR) is 84.9 cm³/mol. The van der Waals surface area contributed by atoms with Gasteiger partial charge in [-0.2, -0.15) is 0 Å². The molecule has 1 aromatic rings. The third-order valence-corrected chi connectivity index (χ3v) is 5.13. The van der Waals surface area contributed by atoms with Gasteiger partial charge in [0.1, 0.15) is 0 Å². The minimum atomic E-state index is -0.300. The molecule has 1 aliphatic heterocycles. The first-order valence-corrected chi connectivity index (χ1v) is 8.22. The molecule has 1 aliphatic carbocycles. The average Bonchev–Trinajstić information content (AvgIpc) is 3.25. The number of halogens is 1. The second-order valence-corrected chi connectivity index (χ2v) is 7.17. The number of nitrogens with two attached hydrogens (primary N) is 1. The molecule has 1 heterocycles. The fourth-order valence-electron chi connectivity index (χ4n) is 3.55. The molecule has 1 aromatic carbocycles. The van der Waals surface area contributed by atoms with Crippen LogP contribution in [0.1, 0.15) is 37.7 Å². The van der Waals surface area contributed by atoms with Crippen LogP contribution in [0.2, 0.25) is 5.02 Å². The minimum Gasteiger partial charge on any atom is -0.369 e. The van der Waals surface area contributed by atoms with Crippen LogP contribution in [0.3, 0.4) is 0 Å². The summed E-state index contributed by atoms with van der Waals surface area (Å²) in [5, 5.41) is 0.762. The number of likely N-dealkylation sites (tertiary alicyclic amines) is 1. The Morgan fingerprint density at radius 1 is 1.33 bits per heavy atom. The zero-order chi connectivity index (χ0) is 14.9. The van der Waals surface area contributed by atoms with E-state index < -0.39 is 0 Å². The van der Waals surface area contributed by atoms with E-state index in [0.717, 1.165) is 49.8 Å². The fourth-order valence-corrected chi connectivity index (χ4v) is 3.68. The highest BCUT2D eigenvalue weighted by molar-refractivity contribution is 6.30. The van der Waals surface area contributed by atoms with E-state index in [1.165, 1.54) is 18.4 Å². The Hall–Kier alpha value is -1.06. The van der Waals surface area contributed by atoms with Gasteiger partial charge in [-0.25, -0.2) is 0 Å². The Kier molecular flexibility index (Phi) is 4.23. The summed E-state index contributed by atoms with van der Waals surface area (Å²) >= 11 is 5.93. The van der Waals surface area contributed by atoms with Crippen molar-refractivity contribution in [2.45, 2.75) is 38.6 Å². The van der Waals surface area contributed by atoms with E-state index in [2.05, 4.69) is 17.0 Å². The SMILES string of the molecule is NC(=O)C1(CC2CC2)CCCN(Cc2ccc(Cl)cc2)C1. The normalized spacial score (nSPS) is 26.7. The van der Waals surface area contributed by atoms with Crippen LogP contribution in [-0.2, 0) is 11.3 Å². The lowest BCUT2D eigenvalue weighted by Gasteiger charge is -2.41. The Morgan fingerprint density at radius 3 is 2.67 bits per heavy atom. The molecule has 1 saturated carbocycles. The third-order valence-electron chi connectivity index (χ3n) is 4.87. The maximum atomic E-state index is 12.1. The van der Waals surface area contributed by atoms with E-state index in [1.807, 2.05) is 12.1 Å². The van der Waals surface area contributed by atoms with Gasteiger partial charge in [0.25, 0.3) is 0 Å². The molecule has 21 heavy (non-hydrogen) atoms. The standard InChI is InChI=1S/C17H23ClN2O/c18-15-6-4-14(5-7-15)11-20-9-1-8-17(12-20,16(19)21)10-13-2-3-13/h4-7,13H,1-3,8-12H2,(H2,19,21). The van der Waals surface area contributed by atoms with Crippen molar-refractivity contribution in [3.63, 3.8) is 0 Å². The molecule has 2 fully saturated rings. The van der Waals surface area contributed by atoms with Gasteiger partial charge in [-0.3, -0.25) is 9.69 Å². The number of hydrogen-bond acceptors (Lipinski definition) is 2. The Balaban J connectivity index is 1.68. The molecule has 1 atom stereocenters. The van der Waals surface area contributed by atoms with Crippen molar-refractivity contribution in [2.24, 2.45) is 17.1 Å². The summed E-state index contributed by atoms with van der Waals surface area (Å²) in [6.45, 7) is 2.72. The van der Waals surface area contributed by atoms with Crippen molar-refractivity contribution >= 4 is 17.5 Å². The van der Waals surface area contributed by atoms with Crippen molar-refractivity contribution in [1.82, 2.24) is 4.90 Å². The lowest BCUT2D eigenvalue weighted by atomic mass is 9.75. The molecule has 3 rings (SSSR count). The molecule has 0 aromatic heterocycles. The van der Waals surface area contributed by atoms with Gasteiger partial charge in [0.15, 0.2) is 0 Å². The van der Waals surface area contributed by atoms with Gasteiger partial charge in [-0.05, 0) is 49.4 Å². The van der Waals surface area contributed by atoms with Crippen LogP contribution in [0, 0.1) is 11.3 Å². The van der Waals surface area contributed by atoms with Gasteiger partial charge in [0.2, 0.25) is 5.91 Å². The van der Waals surface area contributed by atoms with E-state index in [-0.39, 0.29) is 11.3 Å². The fraction of sp³-hybridized carbons (Fsp3) is 0.588. The van der Waals surface area contributed by atoms with E-state index in [0.29, 0.717) is 0 Å². The molecule has 0 spiro atoms. The number of hydrogen-bond donors (Lipinski definition) is 1. The summed E-state index contributed by atoms with van der Waals surface area (Å²) in [4.78, 5) is 14.4. The van der Waals surface area contributed by atoms with Gasteiger partial charge >= 0.3 is 0 Å². The zero-order valence-corrected chi connectivity index (χ0v) is 13.1. The van der Waals surface area contributed by atoms with Crippen LogP contribution < -0.4 is 5.73 Å². The third kappa shape index (κ3) is 3.58. The highest BCUT2D eigenvalue weighted by atomic mass is 35.5. The van der Waals surface area contributed by atoms with Crippen LogP contribution in [0.4, 0.5) is 0 Å². The number of nitrogens with zero attached hydrogens (tertiary/aromatic N) is 1. The van der Waals surface area contributed by atoms with E-state index in [4.69, 9.17) is 17.3 Å². The van der Waals surface area contributed by atoms with E-state index in [9.17, 15) is 4.79 Å². The van der Waals surface area contributed by atoms with Crippen LogP contribution in [0.5, 0.6) is 0 Å². The van der Waals surface area contributed by atoms with Gasteiger partial charge in [0, 0.05) is 18.1 Å². The van der Waals surface area contributed by atoms with Crippen molar-refractivity contribution in [1.29, 1.82) is 0 Å². The molecule has 0 bridgehead atoms. The largest absolute Gasteiger partial charge is 0.369 e. The number of carbonyl (C=O) groups excluding carboxylic acids is 1. The summed E-state index contributed by atoms with van der Waals surface area (Å²) in [6, 6.07) is 7.96. The molecule has 4 heteroatoms. The summed E-state index contributed by atoms with van der Waals surface area (Å²) in [6.07, 6.45) is 5.54. The Bertz CT molecular complexity index is 512. The second kappa shape index (κ2) is 5.98. The van der Waals surface area contributed by atoms with Crippen LogP contribution in [0.25, 0.3) is 0 Å². The van der Waals surface area contributed by atoms with Gasteiger partial charge < -0.3 is 5.73 Å². The zero-order valence-electron chi connectivity index (χ0n) is 12.4. The van der Waals surface area contributed by atoms with Crippen LogP contribution in [0.15, 0.2) is 24.3 Å². The summed E-state index contributed by atoms with van der Waals surface area (Å²) < 4.78 is 0. The number of rotatable bonds is 5. The first-order valence-electron chi connectivity index (χ1n) is 7.84. The number of piperidine rings is 1. The first-order chi connectivity index (χ1) is 10.1. The van der Waals surface area contributed by atoms with Gasteiger partial charge in [-0.1, -0.05) is 36.6 Å². The summed E-state index contributed by atoms with van der Waals surface area (Å²) in [5.74, 6) is 0.628. The van der Waals surface area contributed by atoms with Crippen molar-refractivity contribution in [3.8, 4) is 0 Å². The first kappa shape index (κ1) is 14.9. The van der Waals surface area contributed by atoms with Gasteiger partial charge in [0.05, 0.1) is 5.41 Å². The topological polar surface area (TPSA) is 46.3 Å². The molecule has 0 radical (unpaired) electrons. The molecular formula is C17H23ClN2O. The smallest absolute Gasteiger partial charge is 0.224 e. The van der Waals surface area contributed by atoms with Crippen molar-refractivity contribution in [3.05, 3.63) is 34.9 Å². The number of primary amides is 1. The molecule has 2 N–H and O–H groups in total. The van der Waals surface area contributed by atoms with Crippen LogP contribution in [-0.4, -0.2) is 23.9 Å². The highest BCUT2D eigenvalue weighted by Gasteiger charge is 2.44. The monoisotopic (exact) mass is 306 g/mol. The molecular weight excluding hydrogens is 284 g/mol. The van der Waals surface area contributed by atoms with E-state index >= 15 is 0 Å². The minimum absolute atomic E-state index is 0.102. The Labute approximate surface area is 131 Å². The maximum Gasteiger partial charge on any atom is 0.224 e. The molecule has 2 aliphatic rings. The van der Waals surface area contributed by atoms with Crippen LogP contribution >= 0.6 is 11.6 Å². The number of amides is 1. The summed E-state index contributed by atoms with van der Waals surface area (Å²) in [7, 11) is 0. The second-order valence-electron chi connectivity index (χ2n) is 6.73. The molecule has 1 amide bonds. The molecule has 114 valence electrons. The summed E-state index contributed by atoms with van der Waals surface area (Å²) in [5.41, 5.74) is 6.71. The Morgan fingerprint density at radius 2 is 2.05 bits per heavy atom. The highest BCUT2D eigenvalue weighted by Crippen LogP contribution is 2.44. The van der Waals surface area contributed by atoms with Gasteiger partial charge in [-0.15, -0.1) is 0 Å². The quantitative estimate of drug-likeness (QED) is 0.908. The lowest BCUT2D eigenvalue weighted by Crippen LogP contribution is -2.50. The molecule has 1 unspecified atom stereocenters. The van der Waals surface area contributed by atoms with Crippen molar-refractivity contribution in [2.75, 3.05) is 13.1 Å². The van der Waals surface area contributed by atoms with Crippen molar-refractivity contribution < 1.29 is 4.79 Å². The van der Waals surface area contributed by atoms with E-state index in [1.54, 1.807) is 0 Å². The number of carbonyl (C=O) groups is 1. The number of benzene rings is 1. The lowest BCUT2D eigenvalue weighted by molar-refractivity contribution is -0.132. The average molecular weight is 307 g/mol.